The molecule has 2 aromatic rings. The van der Waals surface area contributed by atoms with Crippen LogP contribution in [0.25, 0.3) is 5.52 Å². The molecular formula is C14H20N6O2. The highest BCUT2D eigenvalue weighted by Crippen LogP contribution is 2.20. The third-order valence-corrected chi connectivity index (χ3v) is 4.30. The molecule has 0 spiro atoms. The van der Waals surface area contributed by atoms with Crippen LogP contribution in [0, 0.1) is 5.92 Å². The van der Waals surface area contributed by atoms with Crippen LogP contribution < -0.4 is 5.56 Å². The van der Waals surface area contributed by atoms with Gasteiger partial charge in [-0.1, -0.05) is 6.92 Å². The van der Waals surface area contributed by atoms with Crippen LogP contribution in [0.5, 0.6) is 0 Å². The monoisotopic (exact) mass is 304 g/mol. The number of hydrogen-bond acceptors (Lipinski definition) is 5. The van der Waals surface area contributed by atoms with Gasteiger partial charge in [0, 0.05) is 19.1 Å². The molecule has 118 valence electrons. The Morgan fingerprint density at radius 1 is 1.36 bits per heavy atom. The Hall–Kier alpha value is -2.22. The lowest BCUT2D eigenvalue weighted by Gasteiger charge is -2.22. The SMILES string of the molecule is C[C@H]1CN(C(=O)Cn2ncn3nccc3c2=O)C[C@H]1N(C)C. The molecule has 8 heteroatoms. The summed E-state index contributed by atoms with van der Waals surface area (Å²) in [5.41, 5.74) is 0.119. The zero-order valence-corrected chi connectivity index (χ0v) is 13.0. The van der Waals surface area contributed by atoms with Crippen molar-refractivity contribution in [2.24, 2.45) is 5.92 Å². The van der Waals surface area contributed by atoms with E-state index in [0.29, 0.717) is 30.6 Å². The molecule has 2 aromatic heterocycles. The summed E-state index contributed by atoms with van der Waals surface area (Å²) >= 11 is 0. The van der Waals surface area contributed by atoms with Gasteiger partial charge in [0.25, 0.3) is 5.56 Å². The fourth-order valence-corrected chi connectivity index (χ4v) is 3.04. The van der Waals surface area contributed by atoms with Crippen molar-refractivity contribution in [1.29, 1.82) is 0 Å². The smallest absolute Gasteiger partial charge is 0.293 e. The van der Waals surface area contributed by atoms with E-state index in [0.717, 1.165) is 0 Å². The Balaban J connectivity index is 1.76. The molecule has 0 radical (unpaired) electrons. The van der Waals surface area contributed by atoms with Gasteiger partial charge in [0.15, 0.2) is 0 Å². The van der Waals surface area contributed by atoms with E-state index in [1.165, 1.54) is 21.7 Å². The van der Waals surface area contributed by atoms with E-state index in [2.05, 4.69) is 22.0 Å². The van der Waals surface area contributed by atoms with Crippen LogP contribution in [-0.4, -0.2) is 68.3 Å². The second-order valence-electron chi connectivity index (χ2n) is 6.06. The van der Waals surface area contributed by atoms with Crippen molar-refractivity contribution in [3.8, 4) is 0 Å². The van der Waals surface area contributed by atoms with Crippen LogP contribution in [0.15, 0.2) is 23.4 Å². The molecule has 0 aliphatic carbocycles. The molecule has 0 bridgehead atoms. The number of carbonyl (C=O) groups is 1. The Morgan fingerprint density at radius 3 is 2.82 bits per heavy atom. The largest absolute Gasteiger partial charge is 0.339 e. The lowest BCUT2D eigenvalue weighted by atomic mass is 10.1. The number of carbonyl (C=O) groups excluding carboxylic acids is 1. The van der Waals surface area contributed by atoms with E-state index in [1.807, 2.05) is 19.0 Å². The lowest BCUT2D eigenvalue weighted by Crippen LogP contribution is -2.38. The van der Waals surface area contributed by atoms with Gasteiger partial charge in [-0.05, 0) is 26.1 Å². The molecule has 1 aliphatic rings. The summed E-state index contributed by atoms with van der Waals surface area (Å²) in [5, 5.41) is 7.97. The van der Waals surface area contributed by atoms with Crippen LogP contribution in [0.4, 0.5) is 0 Å². The fraction of sp³-hybridized carbons (Fsp3) is 0.571. The molecule has 0 N–H and O–H groups in total. The van der Waals surface area contributed by atoms with E-state index >= 15 is 0 Å². The zero-order chi connectivity index (χ0) is 15.9. The van der Waals surface area contributed by atoms with Crippen molar-refractivity contribution >= 4 is 11.4 Å². The summed E-state index contributed by atoms with van der Waals surface area (Å²) in [6.45, 7) is 3.51. The van der Waals surface area contributed by atoms with Gasteiger partial charge in [-0.15, -0.1) is 0 Å². The van der Waals surface area contributed by atoms with Crippen LogP contribution in [0.1, 0.15) is 6.92 Å². The maximum atomic E-state index is 12.4. The van der Waals surface area contributed by atoms with E-state index in [-0.39, 0.29) is 18.0 Å². The minimum atomic E-state index is -0.301. The minimum Gasteiger partial charge on any atom is -0.339 e. The standard InChI is InChI=1S/C14H20N6O2/c1-10-6-18(7-12(10)17(2)3)13(21)8-19-14(22)11-4-5-15-20(11)9-16-19/h4-5,9-10,12H,6-8H2,1-3H3/t10-,12+/m0/s1. The average molecular weight is 304 g/mol. The summed E-state index contributed by atoms with van der Waals surface area (Å²) < 4.78 is 2.61. The summed E-state index contributed by atoms with van der Waals surface area (Å²) in [6, 6.07) is 1.97. The molecule has 0 aromatic carbocycles. The first-order valence-electron chi connectivity index (χ1n) is 7.31. The number of amides is 1. The Bertz CT molecular complexity index is 749. The van der Waals surface area contributed by atoms with Gasteiger partial charge in [0.1, 0.15) is 18.4 Å². The zero-order valence-electron chi connectivity index (χ0n) is 13.0. The molecule has 2 atom stereocenters. The third-order valence-electron chi connectivity index (χ3n) is 4.30. The fourth-order valence-electron chi connectivity index (χ4n) is 3.04. The van der Waals surface area contributed by atoms with E-state index < -0.39 is 0 Å². The number of likely N-dealkylation sites (tertiary alicyclic amines) is 1. The average Bonchev–Trinajstić information content (AvgIpc) is 3.08. The topological polar surface area (TPSA) is 75.7 Å². The van der Waals surface area contributed by atoms with Gasteiger partial charge < -0.3 is 9.80 Å². The number of nitrogens with zero attached hydrogens (tertiary/aromatic N) is 6. The molecule has 3 rings (SSSR count). The molecular weight excluding hydrogens is 284 g/mol. The number of fused-ring (bicyclic) bond motifs is 1. The Labute approximate surface area is 127 Å². The van der Waals surface area contributed by atoms with Gasteiger partial charge in [0.2, 0.25) is 5.91 Å². The van der Waals surface area contributed by atoms with E-state index in [9.17, 15) is 9.59 Å². The van der Waals surface area contributed by atoms with Gasteiger partial charge in [-0.25, -0.2) is 9.20 Å². The molecule has 1 saturated heterocycles. The highest BCUT2D eigenvalue weighted by atomic mass is 16.2. The van der Waals surface area contributed by atoms with Crippen molar-refractivity contribution in [1.82, 2.24) is 29.2 Å². The van der Waals surface area contributed by atoms with Crippen LogP contribution >= 0.6 is 0 Å². The summed E-state index contributed by atoms with van der Waals surface area (Å²) in [4.78, 5) is 28.6. The van der Waals surface area contributed by atoms with E-state index in [4.69, 9.17) is 0 Å². The Morgan fingerprint density at radius 2 is 2.14 bits per heavy atom. The van der Waals surface area contributed by atoms with Crippen molar-refractivity contribution in [3.05, 3.63) is 28.9 Å². The Kier molecular flexibility index (Phi) is 3.69. The highest BCUT2D eigenvalue weighted by molar-refractivity contribution is 5.76. The number of likely N-dealkylation sites (N-methyl/N-ethyl adjacent to an activating group) is 1. The second kappa shape index (κ2) is 5.53. The van der Waals surface area contributed by atoms with Crippen molar-refractivity contribution in [3.63, 3.8) is 0 Å². The number of rotatable bonds is 3. The maximum absolute atomic E-state index is 12.4. The first kappa shape index (κ1) is 14.7. The normalized spacial score (nSPS) is 21.9. The van der Waals surface area contributed by atoms with Crippen molar-refractivity contribution in [2.45, 2.75) is 19.5 Å². The third kappa shape index (κ3) is 2.50. The molecule has 8 nitrogen and oxygen atoms in total. The molecule has 3 heterocycles. The molecule has 1 amide bonds. The van der Waals surface area contributed by atoms with Gasteiger partial charge >= 0.3 is 0 Å². The molecule has 0 saturated carbocycles. The predicted molar refractivity (Wildman–Crippen MR) is 80.5 cm³/mol. The first-order chi connectivity index (χ1) is 10.5. The first-order valence-corrected chi connectivity index (χ1v) is 7.31. The van der Waals surface area contributed by atoms with Crippen molar-refractivity contribution in [2.75, 3.05) is 27.2 Å². The molecule has 0 unspecified atom stereocenters. The maximum Gasteiger partial charge on any atom is 0.293 e. The predicted octanol–water partition coefficient (Wildman–Crippen LogP) is -0.700. The number of aromatic nitrogens is 4. The molecule has 22 heavy (non-hydrogen) atoms. The second-order valence-corrected chi connectivity index (χ2v) is 6.06. The van der Waals surface area contributed by atoms with E-state index in [1.54, 1.807) is 6.07 Å². The number of hydrogen-bond donors (Lipinski definition) is 0. The molecule has 1 fully saturated rings. The van der Waals surface area contributed by atoms with Crippen LogP contribution in [-0.2, 0) is 11.3 Å². The summed E-state index contributed by atoms with van der Waals surface area (Å²) in [5.74, 6) is 0.343. The molecule has 1 aliphatic heterocycles. The van der Waals surface area contributed by atoms with Crippen molar-refractivity contribution < 1.29 is 4.79 Å². The highest BCUT2D eigenvalue weighted by Gasteiger charge is 2.33. The lowest BCUT2D eigenvalue weighted by molar-refractivity contribution is -0.131. The van der Waals surface area contributed by atoms with Gasteiger partial charge in [-0.3, -0.25) is 9.59 Å². The van der Waals surface area contributed by atoms with Crippen LogP contribution in [0.3, 0.4) is 0 Å². The van der Waals surface area contributed by atoms with Gasteiger partial charge in [0.05, 0.1) is 6.20 Å². The van der Waals surface area contributed by atoms with Gasteiger partial charge in [-0.2, -0.15) is 10.2 Å². The summed E-state index contributed by atoms with van der Waals surface area (Å²) in [6.07, 6.45) is 2.98. The van der Waals surface area contributed by atoms with Crippen LogP contribution in [0.2, 0.25) is 0 Å². The minimum absolute atomic E-state index is 0.0343. The summed E-state index contributed by atoms with van der Waals surface area (Å²) in [7, 11) is 4.05. The quantitative estimate of drug-likeness (QED) is 0.749.